The number of rotatable bonds is 3. The summed E-state index contributed by atoms with van der Waals surface area (Å²) in [6.07, 6.45) is 1.95. The zero-order valence-corrected chi connectivity index (χ0v) is 9.79. The van der Waals surface area contributed by atoms with Crippen LogP contribution in [0.25, 0.3) is 5.88 Å². The first-order valence-electron chi connectivity index (χ1n) is 5.54. The second-order valence-corrected chi connectivity index (χ2v) is 4.11. The summed E-state index contributed by atoms with van der Waals surface area (Å²) < 4.78 is 6.54. The van der Waals surface area contributed by atoms with E-state index in [9.17, 15) is 19.8 Å². The molecule has 98 valence electrons. The number of hydrogen-bond donors (Lipinski definition) is 3. The van der Waals surface area contributed by atoms with Crippen LogP contribution in [0.3, 0.4) is 0 Å². The van der Waals surface area contributed by atoms with Crippen LogP contribution in [0.15, 0.2) is 27.9 Å². The number of ether oxygens (including phenoxy) is 1. The maximum absolute atomic E-state index is 11.6. The highest BCUT2D eigenvalue weighted by Gasteiger charge is 2.43. The van der Waals surface area contributed by atoms with Crippen molar-refractivity contribution in [3.63, 3.8) is 0 Å². The highest BCUT2D eigenvalue weighted by atomic mass is 16.5. The van der Waals surface area contributed by atoms with E-state index in [1.165, 1.54) is 18.3 Å². The van der Waals surface area contributed by atoms with Gasteiger partial charge in [0.25, 0.3) is 5.56 Å². The van der Waals surface area contributed by atoms with Crippen molar-refractivity contribution in [1.82, 2.24) is 9.55 Å². The van der Waals surface area contributed by atoms with Crippen molar-refractivity contribution >= 4 is 5.88 Å². The molecule has 0 spiro atoms. The van der Waals surface area contributed by atoms with E-state index in [4.69, 9.17) is 4.74 Å². The van der Waals surface area contributed by atoms with Crippen molar-refractivity contribution in [3.05, 3.63) is 39.2 Å². The maximum Gasteiger partial charge on any atom is 0.335 e. The number of nitrogens with zero attached hydrogens (tertiary/aromatic N) is 1. The Bertz CT molecular complexity index is 582. The first kappa shape index (κ1) is 12.6. The van der Waals surface area contributed by atoms with Crippen molar-refractivity contribution in [1.29, 1.82) is 0 Å². The van der Waals surface area contributed by atoms with Crippen LogP contribution >= 0.6 is 0 Å². The Balaban J connectivity index is 2.40. The normalized spacial score (nSPS) is 26.8. The van der Waals surface area contributed by atoms with Gasteiger partial charge >= 0.3 is 5.69 Å². The lowest BCUT2D eigenvalue weighted by atomic mass is 9.96. The molecule has 1 aliphatic heterocycles. The average Bonchev–Trinajstić information content (AvgIpc) is 2.67. The molecule has 0 fully saturated rings. The Hall–Kier alpha value is -1.86. The predicted octanol–water partition coefficient (Wildman–Crippen LogP) is -1.13. The molecule has 3 N–H and O–H groups in total. The predicted molar refractivity (Wildman–Crippen MR) is 62.8 cm³/mol. The van der Waals surface area contributed by atoms with Gasteiger partial charge in [0.1, 0.15) is 6.10 Å². The Morgan fingerprint density at radius 2 is 2.28 bits per heavy atom. The van der Waals surface area contributed by atoms with Crippen molar-refractivity contribution in [2.75, 3.05) is 6.61 Å². The van der Waals surface area contributed by atoms with Crippen LogP contribution in [0.1, 0.15) is 13.3 Å². The van der Waals surface area contributed by atoms with E-state index in [0.717, 1.165) is 4.57 Å². The van der Waals surface area contributed by atoms with Gasteiger partial charge in [0.15, 0.2) is 5.60 Å². The van der Waals surface area contributed by atoms with Gasteiger partial charge in [-0.3, -0.25) is 9.78 Å². The third-order valence-corrected chi connectivity index (χ3v) is 3.07. The number of aliphatic hydroxyl groups excluding tert-OH is 2. The molecular weight excluding hydrogens is 240 g/mol. The molecule has 0 unspecified atom stereocenters. The monoisotopic (exact) mass is 254 g/mol. The minimum atomic E-state index is -1.13. The lowest BCUT2D eigenvalue weighted by Gasteiger charge is -2.29. The molecule has 7 heteroatoms. The second-order valence-electron chi connectivity index (χ2n) is 4.11. The van der Waals surface area contributed by atoms with Gasteiger partial charge in [-0.25, -0.2) is 9.36 Å². The molecule has 1 aliphatic rings. The molecule has 7 nitrogen and oxygen atoms in total. The Labute approximate surface area is 102 Å². The van der Waals surface area contributed by atoms with Gasteiger partial charge in [-0.05, 0) is 6.42 Å². The van der Waals surface area contributed by atoms with Crippen molar-refractivity contribution in [2.24, 2.45) is 0 Å². The van der Waals surface area contributed by atoms with Crippen molar-refractivity contribution < 1.29 is 14.9 Å². The molecule has 0 radical (unpaired) electrons. The van der Waals surface area contributed by atoms with Crippen LogP contribution in [0.5, 0.6) is 0 Å². The first-order valence-corrected chi connectivity index (χ1v) is 5.54. The summed E-state index contributed by atoms with van der Waals surface area (Å²) in [6.45, 7) is 1.38. The molecule has 18 heavy (non-hydrogen) atoms. The molecule has 0 amide bonds. The van der Waals surface area contributed by atoms with E-state index in [-0.39, 0.29) is 12.5 Å². The van der Waals surface area contributed by atoms with Gasteiger partial charge in [-0.1, -0.05) is 6.92 Å². The maximum atomic E-state index is 11.6. The summed E-state index contributed by atoms with van der Waals surface area (Å²) >= 11 is 0. The summed E-state index contributed by atoms with van der Waals surface area (Å²) in [5, 5.41) is 19.2. The lowest BCUT2D eigenvalue weighted by Crippen LogP contribution is -2.43. The quantitative estimate of drug-likeness (QED) is 0.633. The van der Waals surface area contributed by atoms with Crippen LogP contribution in [0, 0.1) is 0 Å². The summed E-state index contributed by atoms with van der Waals surface area (Å²) in [5.41, 5.74) is -2.31. The first-order chi connectivity index (χ1) is 8.52. The number of hydrogen-bond acceptors (Lipinski definition) is 5. The van der Waals surface area contributed by atoms with Crippen LogP contribution in [-0.4, -0.2) is 38.1 Å². The summed E-state index contributed by atoms with van der Waals surface area (Å²) in [4.78, 5) is 24.6. The van der Waals surface area contributed by atoms with Crippen LogP contribution in [0.4, 0.5) is 0 Å². The second kappa shape index (κ2) is 4.43. The minimum Gasteiger partial charge on any atom is -0.466 e. The van der Waals surface area contributed by atoms with E-state index >= 15 is 0 Å². The standard InChI is InChI=1S/C11H14N2O5/c1-2-11(6-14)7(15)5-9(18-11)13-4-3-8(16)12-10(13)17/h3-5,7,14-15H,2,6H2,1H3,(H,12,16,17)/t7-,11+/m0/s1. The van der Waals surface area contributed by atoms with E-state index in [2.05, 4.69) is 4.98 Å². The fraction of sp³-hybridized carbons (Fsp3) is 0.455. The minimum absolute atomic E-state index is 0.0969. The largest absolute Gasteiger partial charge is 0.466 e. The van der Waals surface area contributed by atoms with Crippen LogP contribution in [-0.2, 0) is 4.74 Å². The highest BCUT2D eigenvalue weighted by Crippen LogP contribution is 2.32. The van der Waals surface area contributed by atoms with Crippen LogP contribution in [0.2, 0.25) is 0 Å². The molecule has 1 aromatic heterocycles. The Morgan fingerprint density at radius 3 is 2.78 bits per heavy atom. The molecule has 2 rings (SSSR count). The van der Waals surface area contributed by atoms with Gasteiger partial charge in [0.2, 0.25) is 5.88 Å². The van der Waals surface area contributed by atoms with E-state index in [1.807, 2.05) is 0 Å². The average molecular weight is 254 g/mol. The van der Waals surface area contributed by atoms with Crippen molar-refractivity contribution in [3.8, 4) is 0 Å². The lowest BCUT2D eigenvalue weighted by molar-refractivity contribution is -0.0715. The summed E-state index contributed by atoms with van der Waals surface area (Å²) in [6, 6.07) is 1.17. The van der Waals surface area contributed by atoms with Gasteiger partial charge < -0.3 is 14.9 Å². The number of nitrogens with one attached hydrogen (secondary N) is 1. The molecule has 0 saturated carbocycles. The Morgan fingerprint density at radius 1 is 1.56 bits per heavy atom. The van der Waals surface area contributed by atoms with Crippen LogP contribution < -0.4 is 11.2 Å². The molecule has 0 saturated heterocycles. The topological polar surface area (TPSA) is 105 Å². The third-order valence-electron chi connectivity index (χ3n) is 3.07. The van der Waals surface area contributed by atoms with E-state index in [1.54, 1.807) is 6.92 Å². The molecule has 1 aromatic rings. The molecular formula is C11H14N2O5. The highest BCUT2D eigenvalue weighted by molar-refractivity contribution is 5.43. The zero-order chi connectivity index (χ0) is 13.3. The number of aliphatic hydroxyl groups is 2. The fourth-order valence-electron chi connectivity index (χ4n) is 1.83. The molecule has 0 bridgehead atoms. The summed E-state index contributed by atoms with van der Waals surface area (Å²) in [7, 11) is 0. The summed E-state index contributed by atoms with van der Waals surface area (Å²) in [5.74, 6) is 0.0969. The van der Waals surface area contributed by atoms with E-state index in [0.29, 0.717) is 6.42 Å². The molecule has 0 aromatic carbocycles. The van der Waals surface area contributed by atoms with Gasteiger partial charge in [-0.15, -0.1) is 0 Å². The smallest absolute Gasteiger partial charge is 0.335 e. The molecule has 0 aliphatic carbocycles. The number of H-pyrrole nitrogens is 1. The van der Waals surface area contributed by atoms with E-state index < -0.39 is 23.0 Å². The number of aromatic amines is 1. The molecule has 2 atom stereocenters. The fourth-order valence-corrected chi connectivity index (χ4v) is 1.83. The van der Waals surface area contributed by atoms with Gasteiger partial charge in [-0.2, -0.15) is 0 Å². The van der Waals surface area contributed by atoms with Gasteiger partial charge in [0.05, 0.1) is 6.61 Å². The van der Waals surface area contributed by atoms with Gasteiger partial charge in [0, 0.05) is 18.3 Å². The Kier molecular flexibility index (Phi) is 3.10. The number of aromatic nitrogens is 2. The zero-order valence-electron chi connectivity index (χ0n) is 9.79. The molecule has 2 heterocycles. The van der Waals surface area contributed by atoms with Crippen molar-refractivity contribution in [2.45, 2.75) is 25.0 Å². The third kappa shape index (κ3) is 1.87. The SMILES string of the molecule is CC[C@]1(CO)OC(n2ccc(=O)[nH]c2=O)=C[C@@H]1O.